The first-order valence-corrected chi connectivity index (χ1v) is 13.7. The largest absolute Gasteiger partial charge is 0.494 e. The monoisotopic (exact) mass is 585 g/mol. The molecule has 42 heavy (non-hydrogen) atoms. The van der Waals surface area contributed by atoms with Gasteiger partial charge in [-0.15, -0.1) is 0 Å². The molecule has 0 aliphatic carbocycles. The van der Waals surface area contributed by atoms with Crippen molar-refractivity contribution in [1.82, 2.24) is 9.88 Å². The summed E-state index contributed by atoms with van der Waals surface area (Å²) in [6.07, 6.45) is 4.82. The molecule has 8 nitrogen and oxygen atoms in total. The number of pyridine rings is 1. The molecule has 0 spiro atoms. The number of ether oxygens (including phenoxy) is 2. The summed E-state index contributed by atoms with van der Waals surface area (Å²) in [5, 5.41) is 17.0. The summed E-state index contributed by atoms with van der Waals surface area (Å²) < 4.78 is 24.8. The van der Waals surface area contributed by atoms with Gasteiger partial charge in [-0.2, -0.15) is 5.26 Å². The Morgan fingerprint density at radius 1 is 1.17 bits per heavy atom. The molecule has 1 aliphatic rings. The molecule has 0 unspecified atom stereocenters. The van der Waals surface area contributed by atoms with Crippen LogP contribution in [0.3, 0.4) is 0 Å². The van der Waals surface area contributed by atoms with E-state index in [-0.39, 0.29) is 18.3 Å². The molecule has 2 N–H and O–H groups in total. The number of piperidine rings is 1. The lowest BCUT2D eigenvalue weighted by Crippen LogP contribution is -2.27. The number of aromatic nitrogens is 1. The summed E-state index contributed by atoms with van der Waals surface area (Å²) in [5.74, 6) is 0.296. The lowest BCUT2D eigenvalue weighted by Gasteiger charge is -2.23. The van der Waals surface area contributed by atoms with E-state index in [1.807, 2.05) is 0 Å². The minimum atomic E-state index is -0.339. The van der Waals surface area contributed by atoms with Crippen molar-refractivity contribution in [1.29, 1.82) is 5.26 Å². The number of carbonyl (C=O) groups is 1. The highest BCUT2D eigenvalue weighted by Crippen LogP contribution is 2.37. The van der Waals surface area contributed by atoms with Gasteiger partial charge in [-0.1, -0.05) is 29.3 Å². The van der Waals surface area contributed by atoms with Gasteiger partial charge in [0.1, 0.15) is 30.0 Å². The number of likely N-dealkylation sites (tertiary alicyclic amines) is 1. The Hall–Kier alpha value is -4.65. The molecule has 1 amide bonds. The molecule has 0 radical (unpaired) electrons. The number of anilines is 3. The smallest absolute Gasteiger partial charge is 0.248 e. The standard InChI is InChI=1S/C32H29ClFN5O3/c1-39-10-8-20(9-11-39)13-31(40)38-28-15-25-27(16-30(28)41-2)36-18-22(17-35)32(25)37-24-6-7-29(26(33)14-24)42-19-21-4-3-5-23(34)12-21/h3-7,12-16,18H,8-11,19H2,1-2H3,(H,36,37)(H,38,40). The van der Waals surface area contributed by atoms with Crippen molar-refractivity contribution in [3.8, 4) is 17.6 Å². The Labute approximate surface area is 248 Å². The van der Waals surface area contributed by atoms with Gasteiger partial charge in [0.2, 0.25) is 5.91 Å². The molecule has 0 bridgehead atoms. The summed E-state index contributed by atoms with van der Waals surface area (Å²) in [7, 11) is 3.59. The first-order chi connectivity index (χ1) is 20.3. The molecular weight excluding hydrogens is 557 g/mol. The van der Waals surface area contributed by atoms with Gasteiger partial charge < -0.3 is 25.0 Å². The number of benzene rings is 3. The van der Waals surface area contributed by atoms with Crippen LogP contribution in [-0.2, 0) is 11.4 Å². The molecule has 1 aromatic heterocycles. The Balaban J connectivity index is 1.41. The van der Waals surface area contributed by atoms with E-state index in [0.29, 0.717) is 55.6 Å². The normalized spacial score (nSPS) is 13.4. The van der Waals surface area contributed by atoms with Gasteiger partial charge in [-0.05, 0) is 61.9 Å². The van der Waals surface area contributed by atoms with Crippen LogP contribution < -0.4 is 20.1 Å². The van der Waals surface area contributed by atoms with Gasteiger partial charge in [-0.3, -0.25) is 9.78 Å². The zero-order valence-electron chi connectivity index (χ0n) is 23.2. The number of rotatable bonds is 8. The number of nitrogens with one attached hydrogen (secondary N) is 2. The average molecular weight is 586 g/mol. The molecule has 0 atom stereocenters. The zero-order valence-corrected chi connectivity index (χ0v) is 24.0. The molecule has 4 aromatic rings. The van der Waals surface area contributed by atoms with Gasteiger partial charge in [0.25, 0.3) is 0 Å². The molecule has 1 aliphatic heterocycles. The maximum atomic E-state index is 13.5. The maximum absolute atomic E-state index is 13.5. The third-order valence-corrected chi connectivity index (χ3v) is 7.31. The molecular formula is C32H29ClFN5O3. The van der Waals surface area contributed by atoms with E-state index < -0.39 is 0 Å². The fourth-order valence-corrected chi connectivity index (χ4v) is 4.97. The van der Waals surface area contributed by atoms with Crippen molar-refractivity contribution < 1.29 is 18.7 Å². The third-order valence-electron chi connectivity index (χ3n) is 7.02. The first-order valence-electron chi connectivity index (χ1n) is 13.4. The van der Waals surface area contributed by atoms with Crippen molar-refractivity contribution in [2.24, 2.45) is 0 Å². The Kier molecular flexibility index (Phi) is 8.86. The van der Waals surface area contributed by atoms with Crippen LogP contribution in [0.5, 0.6) is 11.5 Å². The summed E-state index contributed by atoms with van der Waals surface area (Å²) in [4.78, 5) is 19.6. The van der Waals surface area contributed by atoms with Crippen LogP contribution in [0.2, 0.25) is 5.02 Å². The maximum Gasteiger partial charge on any atom is 0.248 e. The van der Waals surface area contributed by atoms with Crippen molar-refractivity contribution in [3.05, 3.63) is 94.4 Å². The van der Waals surface area contributed by atoms with Crippen LogP contribution in [0.1, 0.15) is 24.0 Å². The lowest BCUT2D eigenvalue weighted by atomic mass is 10.0. The van der Waals surface area contributed by atoms with Crippen LogP contribution in [0, 0.1) is 17.1 Å². The van der Waals surface area contributed by atoms with E-state index in [9.17, 15) is 14.4 Å². The van der Waals surface area contributed by atoms with Gasteiger partial charge in [0.05, 0.1) is 34.6 Å². The number of hydrogen-bond acceptors (Lipinski definition) is 7. The average Bonchev–Trinajstić information content (AvgIpc) is 2.98. The Bertz CT molecular complexity index is 1710. The minimum absolute atomic E-state index is 0.155. The highest BCUT2D eigenvalue weighted by molar-refractivity contribution is 6.32. The highest BCUT2D eigenvalue weighted by atomic mass is 35.5. The summed E-state index contributed by atoms with van der Waals surface area (Å²) in [6, 6.07) is 16.9. The molecule has 5 rings (SSSR count). The molecule has 214 valence electrons. The number of amides is 1. The second-order valence-corrected chi connectivity index (χ2v) is 10.4. The minimum Gasteiger partial charge on any atom is -0.494 e. The SMILES string of the molecule is COc1cc2ncc(C#N)c(Nc3ccc(OCc4cccc(F)c4)c(Cl)c3)c2cc1NC(=O)C=C1CCN(C)CC1. The van der Waals surface area contributed by atoms with Gasteiger partial charge in [-0.25, -0.2) is 4.39 Å². The summed E-state index contributed by atoms with van der Waals surface area (Å²) in [6.45, 7) is 1.99. The number of carbonyl (C=O) groups excluding carboxylic acids is 1. The highest BCUT2D eigenvalue weighted by Gasteiger charge is 2.17. The molecule has 2 heterocycles. The van der Waals surface area contributed by atoms with Crippen molar-refractivity contribution in [2.45, 2.75) is 19.4 Å². The van der Waals surface area contributed by atoms with E-state index in [0.717, 1.165) is 31.5 Å². The number of methoxy groups -OCH3 is 1. The predicted octanol–water partition coefficient (Wildman–Crippen LogP) is 6.82. The van der Waals surface area contributed by atoms with Crippen molar-refractivity contribution >= 4 is 45.5 Å². The summed E-state index contributed by atoms with van der Waals surface area (Å²) >= 11 is 6.51. The van der Waals surface area contributed by atoms with Crippen molar-refractivity contribution in [3.63, 3.8) is 0 Å². The second-order valence-electron chi connectivity index (χ2n) is 10.0. The molecule has 1 saturated heterocycles. The molecule has 10 heteroatoms. The van der Waals surface area contributed by atoms with Crippen LogP contribution >= 0.6 is 11.6 Å². The predicted molar refractivity (Wildman–Crippen MR) is 162 cm³/mol. The van der Waals surface area contributed by atoms with E-state index >= 15 is 0 Å². The van der Waals surface area contributed by atoms with E-state index in [1.165, 1.54) is 25.4 Å². The molecule has 3 aromatic carbocycles. The number of hydrogen-bond donors (Lipinski definition) is 2. The number of nitriles is 1. The number of halogens is 2. The fraction of sp³-hybridized carbons (Fsp3) is 0.219. The van der Waals surface area contributed by atoms with Crippen LogP contribution in [0.4, 0.5) is 21.5 Å². The fourth-order valence-electron chi connectivity index (χ4n) is 4.74. The van der Waals surface area contributed by atoms with E-state index in [1.54, 1.807) is 48.5 Å². The quantitative estimate of drug-likeness (QED) is 0.219. The number of fused-ring (bicyclic) bond motifs is 1. The second kappa shape index (κ2) is 12.9. The van der Waals surface area contributed by atoms with Crippen LogP contribution in [0.15, 0.2) is 72.4 Å². The Morgan fingerprint density at radius 3 is 2.69 bits per heavy atom. The van der Waals surface area contributed by atoms with Crippen LogP contribution in [0.25, 0.3) is 10.9 Å². The third kappa shape index (κ3) is 6.79. The number of nitrogens with zero attached hydrogens (tertiary/aromatic N) is 3. The Morgan fingerprint density at radius 2 is 1.98 bits per heavy atom. The van der Waals surface area contributed by atoms with E-state index in [2.05, 4.69) is 33.6 Å². The summed E-state index contributed by atoms with van der Waals surface area (Å²) in [5.41, 5.74) is 4.22. The van der Waals surface area contributed by atoms with Gasteiger partial charge >= 0.3 is 0 Å². The molecule has 1 fully saturated rings. The van der Waals surface area contributed by atoms with Crippen LogP contribution in [-0.4, -0.2) is 43.0 Å². The molecule has 0 saturated carbocycles. The van der Waals surface area contributed by atoms with E-state index in [4.69, 9.17) is 21.1 Å². The van der Waals surface area contributed by atoms with Crippen molar-refractivity contribution in [2.75, 3.05) is 37.9 Å². The topological polar surface area (TPSA) is 99.5 Å². The van der Waals surface area contributed by atoms with Gasteiger partial charge in [0, 0.05) is 42.5 Å². The zero-order chi connectivity index (χ0) is 29.6. The van der Waals surface area contributed by atoms with Gasteiger partial charge in [0.15, 0.2) is 0 Å². The first kappa shape index (κ1) is 28.9. The lowest BCUT2D eigenvalue weighted by molar-refractivity contribution is -0.112.